The lowest BCUT2D eigenvalue weighted by atomic mass is 9.84. The molecule has 0 saturated carbocycles. The molecule has 0 spiro atoms. The Morgan fingerprint density at radius 2 is 1.86 bits per heavy atom. The molecule has 186 valence electrons. The Labute approximate surface area is 207 Å². The minimum Gasteiger partial charge on any atom is -0.454 e. The van der Waals surface area contributed by atoms with Gasteiger partial charge in [-0.3, -0.25) is 14.5 Å². The molecule has 0 N–H and O–H groups in total. The third-order valence-corrected chi connectivity index (χ3v) is 7.51. The van der Waals surface area contributed by atoms with E-state index in [1.165, 1.54) is 11.1 Å². The zero-order valence-electron chi connectivity index (χ0n) is 20.9. The largest absolute Gasteiger partial charge is 0.454 e. The molecule has 6 nitrogen and oxygen atoms in total. The Hall–Kier alpha value is -2.90. The van der Waals surface area contributed by atoms with Crippen LogP contribution in [0.25, 0.3) is 0 Å². The Balaban J connectivity index is 1.26. The molecule has 2 aliphatic heterocycles. The molecule has 0 amide bonds. The molecule has 1 atom stereocenters. The molecular weight excluding hydrogens is 443 g/mol. The fourth-order valence-electron chi connectivity index (χ4n) is 5.55. The summed E-state index contributed by atoms with van der Waals surface area (Å²) in [6.07, 6.45) is 5.01. The number of likely N-dealkylation sites (N-methyl/N-ethyl adjacent to an activating group) is 1. The van der Waals surface area contributed by atoms with Crippen molar-refractivity contribution in [3.8, 4) is 11.5 Å². The van der Waals surface area contributed by atoms with Crippen LogP contribution >= 0.6 is 0 Å². The van der Waals surface area contributed by atoms with Gasteiger partial charge in [-0.1, -0.05) is 24.3 Å². The third-order valence-electron chi connectivity index (χ3n) is 7.51. The van der Waals surface area contributed by atoms with E-state index >= 15 is 0 Å². The van der Waals surface area contributed by atoms with E-state index in [1.54, 1.807) is 12.1 Å². The third kappa shape index (κ3) is 5.52. The van der Waals surface area contributed by atoms with Crippen LogP contribution in [0.3, 0.4) is 0 Å². The summed E-state index contributed by atoms with van der Waals surface area (Å²) in [6.45, 7) is 6.16. The number of fused-ring (bicyclic) bond motifs is 1. The molecule has 1 fully saturated rings. The van der Waals surface area contributed by atoms with E-state index in [9.17, 15) is 4.39 Å². The standard InChI is InChI=1S/C28H35FN4O2/c1-20-24(18-32(3)30-20)17-31(2)26(15-23-6-4-5-7-25(23)29)22-10-12-33(13-11-22)16-21-8-9-27-28(14-21)35-19-34-27/h4-9,14,18,22,26H,10-13,15-17,19H2,1-3H3. The van der Waals surface area contributed by atoms with Crippen LogP contribution in [0, 0.1) is 18.7 Å². The van der Waals surface area contributed by atoms with Crippen LogP contribution < -0.4 is 9.47 Å². The normalized spacial score (nSPS) is 17.3. The van der Waals surface area contributed by atoms with Crippen molar-refractivity contribution in [3.05, 3.63) is 76.9 Å². The summed E-state index contributed by atoms with van der Waals surface area (Å²) in [7, 11) is 4.14. The lowest BCUT2D eigenvalue weighted by Gasteiger charge is -2.40. The van der Waals surface area contributed by atoms with Crippen LogP contribution in [-0.2, 0) is 26.6 Å². The first-order chi connectivity index (χ1) is 17.0. The number of halogens is 1. The van der Waals surface area contributed by atoms with Crippen molar-refractivity contribution in [3.63, 3.8) is 0 Å². The highest BCUT2D eigenvalue weighted by atomic mass is 19.1. The maximum Gasteiger partial charge on any atom is 0.231 e. The zero-order valence-corrected chi connectivity index (χ0v) is 20.9. The van der Waals surface area contributed by atoms with Gasteiger partial charge in [-0.15, -0.1) is 0 Å². The second-order valence-corrected chi connectivity index (χ2v) is 9.99. The molecule has 7 heteroatoms. The monoisotopic (exact) mass is 478 g/mol. The van der Waals surface area contributed by atoms with Crippen molar-refractivity contribution in [2.75, 3.05) is 26.9 Å². The van der Waals surface area contributed by atoms with Gasteiger partial charge in [0.2, 0.25) is 6.79 Å². The Morgan fingerprint density at radius 1 is 1.09 bits per heavy atom. The Kier molecular flexibility index (Phi) is 7.07. The number of hydrogen-bond donors (Lipinski definition) is 0. The molecule has 3 aromatic rings. The topological polar surface area (TPSA) is 42.8 Å². The summed E-state index contributed by atoms with van der Waals surface area (Å²) in [5.74, 6) is 2.07. The number of ether oxygens (including phenoxy) is 2. The van der Waals surface area contributed by atoms with Gasteiger partial charge in [-0.25, -0.2) is 4.39 Å². The van der Waals surface area contributed by atoms with Crippen LogP contribution in [-0.4, -0.2) is 52.6 Å². The quantitative estimate of drug-likeness (QED) is 0.475. The van der Waals surface area contributed by atoms with Crippen molar-refractivity contribution < 1.29 is 13.9 Å². The van der Waals surface area contributed by atoms with Gasteiger partial charge in [-0.05, 0) is 81.6 Å². The molecule has 2 aromatic carbocycles. The summed E-state index contributed by atoms with van der Waals surface area (Å²) in [4.78, 5) is 4.92. The minimum absolute atomic E-state index is 0.108. The molecule has 35 heavy (non-hydrogen) atoms. The fourth-order valence-corrected chi connectivity index (χ4v) is 5.55. The van der Waals surface area contributed by atoms with Gasteiger partial charge < -0.3 is 9.47 Å². The average molecular weight is 479 g/mol. The van der Waals surface area contributed by atoms with Crippen molar-refractivity contribution in [1.82, 2.24) is 19.6 Å². The minimum atomic E-state index is -0.108. The van der Waals surface area contributed by atoms with Gasteiger partial charge in [-0.2, -0.15) is 5.10 Å². The van der Waals surface area contributed by atoms with Gasteiger partial charge in [0.1, 0.15) is 5.82 Å². The first kappa shape index (κ1) is 23.8. The molecule has 0 radical (unpaired) electrons. The van der Waals surface area contributed by atoms with Crippen LogP contribution in [0.5, 0.6) is 11.5 Å². The average Bonchev–Trinajstić information content (AvgIpc) is 3.44. The van der Waals surface area contributed by atoms with Crippen LogP contribution in [0.4, 0.5) is 4.39 Å². The number of hydrogen-bond acceptors (Lipinski definition) is 5. The predicted octanol–water partition coefficient (Wildman–Crippen LogP) is 4.55. The number of piperidine rings is 1. The van der Waals surface area contributed by atoms with Crippen molar-refractivity contribution >= 4 is 0 Å². The highest BCUT2D eigenvalue weighted by Gasteiger charge is 2.30. The highest BCUT2D eigenvalue weighted by Crippen LogP contribution is 2.34. The van der Waals surface area contributed by atoms with Crippen LogP contribution in [0.15, 0.2) is 48.7 Å². The van der Waals surface area contributed by atoms with Gasteiger partial charge in [0.15, 0.2) is 11.5 Å². The lowest BCUT2D eigenvalue weighted by molar-refractivity contribution is 0.0948. The Bertz CT molecular complexity index is 1160. The molecule has 0 bridgehead atoms. The molecule has 1 saturated heterocycles. The number of nitrogens with zero attached hydrogens (tertiary/aromatic N) is 4. The van der Waals surface area contributed by atoms with E-state index in [1.807, 2.05) is 29.9 Å². The van der Waals surface area contributed by atoms with Crippen LogP contribution in [0.2, 0.25) is 0 Å². The van der Waals surface area contributed by atoms with E-state index in [0.717, 1.165) is 68.2 Å². The molecule has 1 unspecified atom stereocenters. The number of aromatic nitrogens is 2. The Morgan fingerprint density at radius 3 is 2.60 bits per heavy atom. The van der Waals surface area contributed by atoms with Gasteiger partial charge in [0, 0.05) is 37.9 Å². The van der Waals surface area contributed by atoms with Crippen molar-refractivity contribution in [2.45, 2.75) is 45.3 Å². The van der Waals surface area contributed by atoms with Gasteiger partial charge >= 0.3 is 0 Å². The molecule has 2 aliphatic rings. The molecular formula is C28H35FN4O2. The van der Waals surface area contributed by atoms with Gasteiger partial charge in [0.05, 0.1) is 5.69 Å². The number of benzene rings is 2. The summed E-state index contributed by atoms with van der Waals surface area (Å²) in [5, 5.41) is 4.51. The van der Waals surface area contributed by atoms with Crippen LogP contribution in [0.1, 0.15) is 35.2 Å². The highest BCUT2D eigenvalue weighted by molar-refractivity contribution is 5.44. The summed E-state index contributed by atoms with van der Waals surface area (Å²) in [6, 6.07) is 13.7. The maximum atomic E-state index is 14.6. The number of likely N-dealkylation sites (tertiary alicyclic amines) is 1. The van der Waals surface area contributed by atoms with E-state index in [2.05, 4.69) is 47.2 Å². The number of rotatable bonds is 8. The van der Waals surface area contributed by atoms with Crippen molar-refractivity contribution in [1.29, 1.82) is 0 Å². The lowest BCUT2D eigenvalue weighted by Crippen LogP contribution is -2.45. The molecule has 3 heterocycles. The maximum absolute atomic E-state index is 14.6. The fraction of sp³-hybridized carbons (Fsp3) is 0.464. The first-order valence-electron chi connectivity index (χ1n) is 12.5. The second-order valence-electron chi connectivity index (χ2n) is 9.99. The van der Waals surface area contributed by atoms with Gasteiger partial charge in [0.25, 0.3) is 0 Å². The molecule has 1 aromatic heterocycles. The molecule has 0 aliphatic carbocycles. The van der Waals surface area contributed by atoms with E-state index < -0.39 is 0 Å². The summed E-state index contributed by atoms with van der Waals surface area (Å²) >= 11 is 0. The molecule has 5 rings (SSSR count). The summed E-state index contributed by atoms with van der Waals surface area (Å²) < 4.78 is 27.5. The van der Waals surface area contributed by atoms with E-state index in [4.69, 9.17) is 9.47 Å². The summed E-state index contributed by atoms with van der Waals surface area (Å²) in [5.41, 5.74) is 4.34. The smallest absolute Gasteiger partial charge is 0.231 e. The number of aryl methyl sites for hydroxylation is 2. The SMILES string of the molecule is Cc1nn(C)cc1CN(C)C(Cc1ccccc1F)C1CCN(Cc2ccc3c(c2)OCO3)CC1. The first-order valence-corrected chi connectivity index (χ1v) is 12.5. The van der Waals surface area contributed by atoms with E-state index in [-0.39, 0.29) is 11.9 Å². The van der Waals surface area contributed by atoms with Crippen molar-refractivity contribution in [2.24, 2.45) is 13.0 Å². The second kappa shape index (κ2) is 10.4. The van der Waals surface area contributed by atoms with E-state index in [0.29, 0.717) is 12.7 Å². The zero-order chi connectivity index (χ0) is 24.4. The predicted molar refractivity (Wildman–Crippen MR) is 134 cm³/mol.